The number of carbonyl (C=O) groups excluding carboxylic acids is 2. The van der Waals surface area contributed by atoms with E-state index < -0.39 is 24.5 Å². The van der Waals surface area contributed by atoms with Crippen LogP contribution in [0, 0.1) is 0 Å². The molecule has 0 aliphatic rings. The molecule has 7 nitrogen and oxygen atoms in total. The van der Waals surface area contributed by atoms with E-state index in [1.165, 1.54) is 0 Å². The van der Waals surface area contributed by atoms with Crippen molar-refractivity contribution in [1.29, 1.82) is 0 Å². The van der Waals surface area contributed by atoms with E-state index in [2.05, 4.69) is 97.4 Å². The summed E-state index contributed by atoms with van der Waals surface area (Å²) in [5.74, 6) is 0.641. The molecule has 2 unspecified atom stereocenters. The van der Waals surface area contributed by atoms with E-state index in [4.69, 9.17) is 18.9 Å². The summed E-state index contributed by atoms with van der Waals surface area (Å²) in [6.45, 7) is 10.1. The second-order valence-corrected chi connectivity index (χ2v) is 11.7. The van der Waals surface area contributed by atoms with Crippen LogP contribution in [-0.2, 0) is 24.8 Å². The largest absolute Gasteiger partial charge is 0.455 e. The molecular formula is C43H39NO6S. The maximum atomic E-state index is 11.6. The van der Waals surface area contributed by atoms with Crippen molar-refractivity contribution in [3.8, 4) is 11.5 Å². The molecule has 5 rings (SSSR count). The molecule has 5 aromatic rings. The Morgan fingerprint density at radius 1 is 0.627 bits per heavy atom. The number of thiol groups is 1. The van der Waals surface area contributed by atoms with Gasteiger partial charge in [0.15, 0.2) is 0 Å². The third-order valence-electron chi connectivity index (χ3n) is 7.69. The number of anilines is 3. The molecule has 8 heteroatoms. The molecule has 0 saturated carbocycles. The van der Waals surface area contributed by atoms with E-state index in [1.54, 1.807) is 13.8 Å². The van der Waals surface area contributed by atoms with Crippen molar-refractivity contribution in [2.24, 2.45) is 0 Å². The van der Waals surface area contributed by atoms with Crippen LogP contribution in [0.4, 0.5) is 17.1 Å². The zero-order valence-electron chi connectivity index (χ0n) is 28.5. The number of para-hydroxylation sites is 1. The molecule has 0 heterocycles. The highest BCUT2D eigenvalue weighted by molar-refractivity contribution is 7.79. The Balaban J connectivity index is 1.47. The topological polar surface area (TPSA) is 74.3 Å². The lowest BCUT2D eigenvalue weighted by atomic mass is 9.95. The van der Waals surface area contributed by atoms with Gasteiger partial charge < -0.3 is 23.8 Å². The first kappa shape index (κ1) is 36.3. The summed E-state index contributed by atoms with van der Waals surface area (Å²) in [4.78, 5) is 25.4. The van der Waals surface area contributed by atoms with Gasteiger partial charge in [0.2, 0.25) is 12.6 Å². The summed E-state index contributed by atoms with van der Waals surface area (Å²) in [5.41, 5.74) is 8.05. The van der Waals surface area contributed by atoms with Crippen molar-refractivity contribution in [3.63, 3.8) is 0 Å². The minimum Gasteiger partial charge on any atom is -0.455 e. The van der Waals surface area contributed by atoms with Gasteiger partial charge >= 0.3 is 11.9 Å². The fraction of sp³-hybridized carbons (Fsp3) is 0.116. The number of nitrogens with zero attached hydrogens (tertiary/aromatic N) is 1. The summed E-state index contributed by atoms with van der Waals surface area (Å²) >= 11 is 4.42. The van der Waals surface area contributed by atoms with Crippen LogP contribution in [0.5, 0.6) is 11.5 Å². The monoisotopic (exact) mass is 697 g/mol. The van der Waals surface area contributed by atoms with Crippen LogP contribution >= 0.6 is 12.6 Å². The van der Waals surface area contributed by atoms with E-state index in [9.17, 15) is 9.59 Å². The molecule has 0 radical (unpaired) electrons. The summed E-state index contributed by atoms with van der Waals surface area (Å²) in [6.07, 6.45) is 2.74. The molecule has 0 bridgehead atoms. The molecule has 258 valence electrons. The van der Waals surface area contributed by atoms with Crippen LogP contribution < -0.4 is 14.4 Å². The Hall–Kier alpha value is -5.99. The number of esters is 2. The van der Waals surface area contributed by atoms with Gasteiger partial charge in [-0.1, -0.05) is 79.9 Å². The standard InChI is InChI=1S/C43H39NO6S/c1-5-42(45)49-30(3)47-39-24-16-34(17-25-39)41(35-18-26-40(27-19-35)48-31(4)50-43(46)6-2)28-32-12-20-37(21-13-32)44(36-10-8-7-9-11-36)38-22-14-33(29-51)15-23-38/h5-28,30-31,51H,1-2,29H2,3-4H3. The van der Waals surface area contributed by atoms with E-state index >= 15 is 0 Å². The molecule has 5 aromatic carbocycles. The maximum absolute atomic E-state index is 11.6. The van der Waals surface area contributed by atoms with Gasteiger partial charge in [0.1, 0.15) is 11.5 Å². The Bertz CT molecular complexity index is 1880. The number of hydrogen-bond donors (Lipinski definition) is 1. The Kier molecular flexibility index (Phi) is 12.5. The van der Waals surface area contributed by atoms with Crippen LogP contribution in [-0.4, -0.2) is 24.5 Å². The SMILES string of the molecule is C=CC(=O)OC(C)Oc1ccc(C(=Cc2ccc(N(c3ccccc3)c3ccc(CS)cc3)cc2)c2ccc(OC(C)OC(=O)C=C)cc2)cc1. The van der Waals surface area contributed by atoms with Gasteiger partial charge in [-0.3, -0.25) is 0 Å². The van der Waals surface area contributed by atoms with Gasteiger partial charge in [-0.15, -0.1) is 0 Å². The number of benzene rings is 5. The first-order chi connectivity index (χ1) is 24.8. The second kappa shape index (κ2) is 17.6. The van der Waals surface area contributed by atoms with Crippen LogP contribution in [0.25, 0.3) is 11.6 Å². The lowest BCUT2D eigenvalue weighted by Crippen LogP contribution is -2.19. The molecule has 2 atom stereocenters. The van der Waals surface area contributed by atoms with Crippen molar-refractivity contribution >= 4 is 53.3 Å². The lowest BCUT2D eigenvalue weighted by molar-refractivity contribution is -0.156. The van der Waals surface area contributed by atoms with E-state index in [-0.39, 0.29) is 0 Å². The number of ether oxygens (including phenoxy) is 4. The van der Waals surface area contributed by atoms with Gasteiger partial charge in [-0.2, -0.15) is 12.6 Å². The molecule has 0 N–H and O–H groups in total. The molecule has 0 aliphatic carbocycles. The van der Waals surface area contributed by atoms with Crippen LogP contribution in [0.1, 0.15) is 36.1 Å². The number of hydrogen-bond acceptors (Lipinski definition) is 8. The fourth-order valence-corrected chi connectivity index (χ4v) is 5.49. The Morgan fingerprint density at radius 3 is 1.49 bits per heavy atom. The zero-order chi connectivity index (χ0) is 36.2. The summed E-state index contributed by atoms with van der Waals surface area (Å²) in [6, 6.07) is 42.2. The summed E-state index contributed by atoms with van der Waals surface area (Å²) in [7, 11) is 0. The minimum absolute atomic E-state index is 0.544. The normalized spacial score (nSPS) is 11.7. The van der Waals surface area contributed by atoms with E-state index in [0.29, 0.717) is 17.3 Å². The van der Waals surface area contributed by atoms with Crippen LogP contribution in [0.15, 0.2) is 153 Å². The molecule has 0 aromatic heterocycles. The molecule has 0 aliphatic heterocycles. The van der Waals surface area contributed by atoms with Gasteiger partial charge in [0.05, 0.1) is 0 Å². The number of carbonyl (C=O) groups is 2. The quantitative estimate of drug-likeness (QED) is 0.0384. The van der Waals surface area contributed by atoms with Crippen molar-refractivity contribution in [2.45, 2.75) is 32.2 Å². The number of rotatable bonds is 15. The van der Waals surface area contributed by atoms with Gasteiger partial charge in [-0.05, 0) is 94.6 Å². The third kappa shape index (κ3) is 10.0. The minimum atomic E-state index is -0.785. The van der Waals surface area contributed by atoms with E-state index in [1.807, 2.05) is 66.7 Å². The lowest BCUT2D eigenvalue weighted by Gasteiger charge is -2.25. The van der Waals surface area contributed by atoms with Crippen molar-refractivity contribution in [1.82, 2.24) is 0 Å². The molecule has 0 amide bonds. The highest BCUT2D eigenvalue weighted by Crippen LogP contribution is 2.36. The molecule has 0 saturated heterocycles. The molecule has 51 heavy (non-hydrogen) atoms. The van der Waals surface area contributed by atoms with Gasteiger partial charge in [-0.25, -0.2) is 9.59 Å². The fourth-order valence-electron chi connectivity index (χ4n) is 5.28. The Labute approximate surface area is 304 Å². The van der Waals surface area contributed by atoms with Crippen molar-refractivity contribution in [2.75, 3.05) is 4.90 Å². The van der Waals surface area contributed by atoms with Gasteiger partial charge in [0, 0.05) is 48.8 Å². The third-order valence-corrected chi connectivity index (χ3v) is 8.05. The van der Waals surface area contributed by atoms with Crippen LogP contribution in [0.2, 0.25) is 0 Å². The molecule has 0 fully saturated rings. The van der Waals surface area contributed by atoms with Crippen LogP contribution in [0.3, 0.4) is 0 Å². The highest BCUT2D eigenvalue weighted by Gasteiger charge is 2.14. The first-order valence-corrected chi connectivity index (χ1v) is 17.0. The van der Waals surface area contributed by atoms with Crippen molar-refractivity contribution in [3.05, 3.63) is 175 Å². The Morgan fingerprint density at radius 2 is 1.06 bits per heavy atom. The maximum Gasteiger partial charge on any atom is 0.333 e. The average Bonchev–Trinajstić information content (AvgIpc) is 3.16. The van der Waals surface area contributed by atoms with Crippen molar-refractivity contribution < 1.29 is 28.5 Å². The zero-order valence-corrected chi connectivity index (χ0v) is 29.4. The first-order valence-electron chi connectivity index (χ1n) is 16.3. The molecule has 0 spiro atoms. The van der Waals surface area contributed by atoms with Gasteiger partial charge in [0.25, 0.3) is 0 Å². The van der Waals surface area contributed by atoms with E-state index in [0.717, 1.165) is 57.0 Å². The molecular weight excluding hydrogens is 659 g/mol. The predicted molar refractivity (Wildman–Crippen MR) is 206 cm³/mol. The highest BCUT2D eigenvalue weighted by atomic mass is 32.1. The summed E-state index contributed by atoms with van der Waals surface area (Å²) in [5, 5.41) is 0. The predicted octanol–water partition coefficient (Wildman–Crippen LogP) is 10.1. The summed E-state index contributed by atoms with van der Waals surface area (Å²) < 4.78 is 21.9. The second-order valence-electron chi connectivity index (χ2n) is 11.3. The average molecular weight is 698 g/mol. The smallest absolute Gasteiger partial charge is 0.333 e.